The van der Waals surface area contributed by atoms with E-state index in [4.69, 9.17) is 4.42 Å². The first-order valence-corrected chi connectivity index (χ1v) is 12.5. The fraction of sp³-hybridized carbons (Fsp3) is 0.0882. The van der Waals surface area contributed by atoms with Gasteiger partial charge in [0.1, 0.15) is 5.58 Å². The van der Waals surface area contributed by atoms with Crippen LogP contribution in [-0.2, 0) is 20.1 Å². The Morgan fingerprint density at radius 1 is 0.692 bits per heavy atom. The van der Waals surface area contributed by atoms with E-state index in [-0.39, 0.29) is 20.1 Å². The van der Waals surface area contributed by atoms with Crippen molar-refractivity contribution in [1.29, 1.82) is 0 Å². The van der Waals surface area contributed by atoms with Crippen molar-refractivity contribution in [3.63, 3.8) is 0 Å². The van der Waals surface area contributed by atoms with Crippen LogP contribution in [0.1, 0.15) is 16.7 Å². The van der Waals surface area contributed by atoms with Gasteiger partial charge in [0.2, 0.25) is 0 Å². The second-order valence-corrected chi connectivity index (χ2v) is 9.39. The topological polar surface area (TPSA) is 51.8 Å². The molecule has 193 valence electrons. The van der Waals surface area contributed by atoms with Gasteiger partial charge in [0, 0.05) is 61.1 Å². The Kier molecular flexibility index (Phi) is 7.65. The number of pyridine rings is 3. The number of benzene rings is 3. The van der Waals surface area contributed by atoms with Gasteiger partial charge in [-0.2, -0.15) is 0 Å². The number of furan rings is 1. The Hall–Kier alpha value is -4.18. The SMILES string of the molecule is Cc1c[c-]c(-c2cc(C)c(C)cn2)cc1.[Ir].[c-]1ccc2c(oc3c4ccncc4ccc23)c1-c1ccccn1. The van der Waals surface area contributed by atoms with E-state index in [1.807, 2.05) is 54.9 Å². The Morgan fingerprint density at radius 3 is 2.33 bits per heavy atom. The second kappa shape index (κ2) is 11.3. The first kappa shape index (κ1) is 26.4. The Morgan fingerprint density at radius 2 is 1.56 bits per heavy atom. The molecular formula is C34H25IrN3O-2. The van der Waals surface area contributed by atoms with Crippen LogP contribution in [0.3, 0.4) is 0 Å². The van der Waals surface area contributed by atoms with E-state index in [1.165, 1.54) is 16.7 Å². The molecular weight excluding hydrogens is 659 g/mol. The molecule has 4 nitrogen and oxygen atoms in total. The van der Waals surface area contributed by atoms with Gasteiger partial charge in [0.25, 0.3) is 0 Å². The van der Waals surface area contributed by atoms with E-state index >= 15 is 0 Å². The van der Waals surface area contributed by atoms with E-state index in [0.717, 1.165) is 55.2 Å². The fourth-order valence-electron chi connectivity index (χ4n) is 4.50. The maximum atomic E-state index is 6.25. The van der Waals surface area contributed by atoms with Crippen LogP contribution >= 0.6 is 0 Å². The first-order valence-electron chi connectivity index (χ1n) is 12.5. The van der Waals surface area contributed by atoms with E-state index in [0.29, 0.717) is 0 Å². The standard InChI is InChI=1S/C20H11N2O.C14H14N.Ir/c1-2-10-22-18(6-1)17-5-3-4-15-16-8-7-13-12-21-11-9-14(13)19(16)23-20(15)17;1-10-4-6-13(7-5-10)14-8-11(2)12(3)9-15-14;/h1-4,6-12H;4-6,8-9H,1-3H3;/q2*-1;. The molecule has 39 heavy (non-hydrogen) atoms. The largest absolute Gasteiger partial charge is 0.500 e. The van der Waals surface area contributed by atoms with Gasteiger partial charge in [-0.1, -0.05) is 53.8 Å². The van der Waals surface area contributed by atoms with Crippen molar-refractivity contribution in [1.82, 2.24) is 15.0 Å². The van der Waals surface area contributed by atoms with Crippen LogP contribution < -0.4 is 0 Å². The molecule has 0 N–H and O–H groups in total. The molecule has 1 radical (unpaired) electrons. The molecule has 0 saturated heterocycles. The summed E-state index contributed by atoms with van der Waals surface area (Å²) in [5, 5.41) is 4.33. The molecule has 0 aliphatic heterocycles. The predicted octanol–water partition coefficient (Wildman–Crippen LogP) is 8.47. The number of aromatic nitrogens is 3. The van der Waals surface area contributed by atoms with E-state index < -0.39 is 0 Å². The van der Waals surface area contributed by atoms with Gasteiger partial charge in [0.15, 0.2) is 0 Å². The van der Waals surface area contributed by atoms with E-state index in [1.54, 1.807) is 12.4 Å². The molecule has 7 aromatic rings. The van der Waals surface area contributed by atoms with Gasteiger partial charge < -0.3 is 14.4 Å². The molecule has 4 aromatic heterocycles. The van der Waals surface area contributed by atoms with Crippen molar-refractivity contribution in [3.05, 3.63) is 126 Å². The summed E-state index contributed by atoms with van der Waals surface area (Å²) in [4.78, 5) is 13.0. The minimum Gasteiger partial charge on any atom is -0.500 e. The zero-order valence-electron chi connectivity index (χ0n) is 21.8. The summed E-state index contributed by atoms with van der Waals surface area (Å²) in [5.74, 6) is 0. The third-order valence-electron chi connectivity index (χ3n) is 6.75. The van der Waals surface area contributed by atoms with Gasteiger partial charge in [-0.3, -0.25) is 4.98 Å². The molecule has 0 bridgehead atoms. The molecule has 0 atom stereocenters. The van der Waals surface area contributed by atoms with Crippen molar-refractivity contribution in [3.8, 4) is 22.5 Å². The summed E-state index contributed by atoms with van der Waals surface area (Å²) in [7, 11) is 0. The minimum atomic E-state index is 0. The Labute approximate surface area is 241 Å². The minimum absolute atomic E-state index is 0. The quantitative estimate of drug-likeness (QED) is 0.172. The van der Waals surface area contributed by atoms with Crippen LogP contribution in [0.2, 0.25) is 0 Å². The summed E-state index contributed by atoms with van der Waals surface area (Å²) in [6.07, 6.45) is 7.35. The fourth-order valence-corrected chi connectivity index (χ4v) is 4.50. The van der Waals surface area contributed by atoms with Gasteiger partial charge in [-0.15, -0.1) is 53.6 Å². The van der Waals surface area contributed by atoms with Gasteiger partial charge >= 0.3 is 0 Å². The van der Waals surface area contributed by atoms with Crippen LogP contribution in [-0.4, -0.2) is 15.0 Å². The van der Waals surface area contributed by atoms with E-state index in [9.17, 15) is 0 Å². The van der Waals surface area contributed by atoms with Crippen molar-refractivity contribution < 1.29 is 24.5 Å². The molecule has 7 rings (SSSR count). The van der Waals surface area contributed by atoms with Crippen molar-refractivity contribution in [2.45, 2.75) is 20.8 Å². The Bertz CT molecular complexity index is 1890. The average molecular weight is 684 g/mol. The third kappa shape index (κ3) is 5.24. The zero-order chi connectivity index (χ0) is 26.1. The van der Waals surface area contributed by atoms with Gasteiger partial charge in [-0.05, 0) is 42.9 Å². The van der Waals surface area contributed by atoms with Crippen LogP contribution in [0.5, 0.6) is 0 Å². The maximum absolute atomic E-state index is 6.25. The molecule has 0 aliphatic carbocycles. The molecule has 4 heterocycles. The van der Waals surface area contributed by atoms with E-state index in [2.05, 4.69) is 78.2 Å². The molecule has 0 unspecified atom stereocenters. The number of fused-ring (bicyclic) bond motifs is 5. The van der Waals surface area contributed by atoms with Crippen LogP contribution in [0.4, 0.5) is 0 Å². The van der Waals surface area contributed by atoms with Gasteiger partial charge in [0.05, 0.1) is 5.58 Å². The van der Waals surface area contributed by atoms with Crippen molar-refractivity contribution in [2.24, 2.45) is 0 Å². The van der Waals surface area contributed by atoms with Gasteiger partial charge in [-0.25, -0.2) is 0 Å². The maximum Gasteiger partial charge on any atom is 0.128 e. The van der Waals surface area contributed by atoms with Crippen molar-refractivity contribution >= 4 is 32.7 Å². The number of hydrogen-bond acceptors (Lipinski definition) is 4. The summed E-state index contributed by atoms with van der Waals surface area (Å²) in [6, 6.07) is 30.7. The van der Waals surface area contributed by atoms with Crippen LogP contribution in [0.15, 0.2) is 102 Å². The molecule has 0 aliphatic rings. The third-order valence-corrected chi connectivity index (χ3v) is 6.75. The first-order chi connectivity index (χ1) is 18.6. The number of hydrogen-bond donors (Lipinski definition) is 0. The molecule has 0 spiro atoms. The number of rotatable bonds is 2. The second-order valence-electron chi connectivity index (χ2n) is 9.39. The molecule has 0 saturated carbocycles. The van der Waals surface area contributed by atoms with Crippen LogP contribution in [0, 0.1) is 32.9 Å². The normalized spacial score (nSPS) is 10.7. The zero-order valence-corrected chi connectivity index (χ0v) is 24.2. The summed E-state index contributed by atoms with van der Waals surface area (Å²) >= 11 is 0. The predicted molar refractivity (Wildman–Crippen MR) is 154 cm³/mol. The monoisotopic (exact) mass is 684 g/mol. The molecule has 3 aromatic carbocycles. The van der Waals surface area contributed by atoms with Crippen LogP contribution in [0.25, 0.3) is 55.2 Å². The molecule has 0 amide bonds. The Balaban J connectivity index is 0.000000169. The smallest absolute Gasteiger partial charge is 0.128 e. The summed E-state index contributed by atoms with van der Waals surface area (Å²) < 4.78 is 6.25. The number of nitrogens with zero attached hydrogens (tertiary/aromatic N) is 3. The number of aryl methyl sites for hydroxylation is 3. The summed E-state index contributed by atoms with van der Waals surface area (Å²) in [5.41, 5.74) is 9.25. The van der Waals surface area contributed by atoms with Crippen molar-refractivity contribution in [2.75, 3.05) is 0 Å². The molecule has 5 heteroatoms. The molecule has 0 fully saturated rings. The summed E-state index contributed by atoms with van der Waals surface area (Å²) in [6.45, 7) is 6.24. The average Bonchev–Trinajstić information content (AvgIpc) is 3.35.